The van der Waals surface area contributed by atoms with Gasteiger partial charge in [-0.05, 0) is 52.9 Å². The smallest absolute Gasteiger partial charge is 0.269 e. The van der Waals surface area contributed by atoms with E-state index in [-0.39, 0.29) is 11.3 Å². The number of primary amides is 1. The van der Waals surface area contributed by atoms with Gasteiger partial charge in [0.1, 0.15) is 0 Å². The second kappa shape index (κ2) is 5.92. The Morgan fingerprint density at radius 2 is 2.23 bits per heavy atom. The molecule has 1 aliphatic rings. The molecule has 1 amide bonds. The Hall–Kier alpha value is -2.15. The van der Waals surface area contributed by atoms with Crippen molar-refractivity contribution >= 4 is 27.5 Å². The fourth-order valence-corrected chi connectivity index (χ4v) is 2.99. The largest absolute Gasteiger partial charge is 0.379 e. The highest BCUT2D eigenvalue weighted by Crippen LogP contribution is 2.21. The van der Waals surface area contributed by atoms with Gasteiger partial charge < -0.3 is 16.0 Å². The first kappa shape index (κ1) is 14.8. The highest BCUT2D eigenvalue weighted by atomic mass is 79.9. The zero-order chi connectivity index (χ0) is 15.7. The van der Waals surface area contributed by atoms with Crippen LogP contribution in [0.3, 0.4) is 0 Å². The van der Waals surface area contributed by atoms with Gasteiger partial charge in [0.25, 0.3) is 11.5 Å². The monoisotopic (exact) mass is 362 g/mol. The Balaban J connectivity index is 1.86. The van der Waals surface area contributed by atoms with Crippen molar-refractivity contribution < 1.29 is 4.79 Å². The van der Waals surface area contributed by atoms with E-state index < -0.39 is 5.91 Å². The molecule has 0 aromatic carbocycles. The molecule has 4 N–H and O–H groups in total. The molecule has 0 aliphatic heterocycles. The van der Waals surface area contributed by atoms with Crippen LogP contribution in [-0.2, 0) is 19.4 Å². The lowest BCUT2D eigenvalue weighted by Gasteiger charge is -2.10. The van der Waals surface area contributed by atoms with Crippen LogP contribution in [0.1, 0.15) is 33.7 Å². The second-order valence-electron chi connectivity index (χ2n) is 5.25. The van der Waals surface area contributed by atoms with Crippen molar-refractivity contribution in [1.29, 1.82) is 0 Å². The predicted molar refractivity (Wildman–Crippen MR) is 86.9 cm³/mol. The topological polar surface area (TPSA) is 101 Å². The number of aryl methyl sites for hydroxylation is 2. The van der Waals surface area contributed by atoms with Crippen LogP contribution in [0, 0.1) is 0 Å². The zero-order valence-electron chi connectivity index (χ0n) is 11.8. The number of carbonyl (C=O) groups excluding carboxylic acids is 1. The molecular formula is C15H15BrN4O2. The van der Waals surface area contributed by atoms with Crippen molar-refractivity contribution in [3.8, 4) is 0 Å². The van der Waals surface area contributed by atoms with Gasteiger partial charge in [-0.3, -0.25) is 9.59 Å². The first-order valence-corrected chi connectivity index (χ1v) is 7.77. The number of hydrogen-bond acceptors (Lipinski definition) is 4. The number of carbonyl (C=O) groups is 1. The molecule has 7 heteroatoms. The van der Waals surface area contributed by atoms with Gasteiger partial charge in [-0.25, -0.2) is 4.98 Å². The number of nitrogens with two attached hydrogens (primary N) is 1. The van der Waals surface area contributed by atoms with Crippen molar-refractivity contribution in [3.05, 3.63) is 55.7 Å². The molecule has 0 radical (unpaired) electrons. The maximum Gasteiger partial charge on any atom is 0.269 e. The third-order valence-electron chi connectivity index (χ3n) is 3.72. The van der Waals surface area contributed by atoms with Gasteiger partial charge in [-0.1, -0.05) is 0 Å². The van der Waals surface area contributed by atoms with Gasteiger partial charge in [0, 0.05) is 28.5 Å². The lowest BCUT2D eigenvalue weighted by atomic mass is 10.1. The lowest BCUT2D eigenvalue weighted by Crippen LogP contribution is -2.20. The Kier molecular flexibility index (Phi) is 3.98. The second-order valence-corrected chi connectivity index (χ2v) is 6.16. The van der Waals surface area contributed by atoms with E-state index in [1.165, 1.54) is 11.8 Å². The molecule has 0 saturated heterocycles. The minimum Gasteiger partial charge on any atom is -0.379 e. The van der Waals surface area contributed by atoms with E-state index in [0.717, 1.165) is 29.4 Å². The van der Waals surface area contributed by atoms with Crippen LogP contribution in [0.4, 0.5) is 5.69 Å². The number of amides is 1. The minimum atomic E-state index is -0.613. The van der Waals surface area contributed by atoms with Crippen LogP contribution >= 0.6 is 15.9 Å². The van der Waals surface area contributed by atoms with Gasteiger partial charge in [-0.15, -0.1) is 0 Å². The van der Waals surface area contributed by atoms with Crippen LogP contribution in [-0.4, -0.2) is 15.9 Å². The Labute approximate surface area is 135 Å². The maximum absolute atomic E-state index is 12.1. The maximum atomic E-state index is 12.1. The van der Waals surface area contributed by atoms with Gasteiger partial charge in [0.15, 0.2) is 5.69 Å². The minimum absolute atomic E-state index is 0.100. The molecule has 0 spiro atoms. The number of anilines is 1. The Morgan fingerprint density at radius 3 is 3.00 bits per heavy atom. The van der Waals surface area contributed by atoms with E-state index in [2.05, 4.69) is 31.2 Å². The van der Waals surface area contributed by atoms with Crippen molar-refractivity contribution in [1.82, 2.24) is 9.97 Å². The Bertz CT molecular complexity index is 801. The number of aromatic nitrogens is 2. The fourth-order valence-electron chi connectivity index (χ4n) is 2.65. The summed E-state index contributed by atoms with van der Waals surface area (Å²) in [6, 6.07) is 3.65. The standard InChI is InChI=1S/C15H15BrN4O2/c16-10-5-12(13(14(17)21)19-7-10)18-6-9-4-8-2-1-3-11(8)20-15(9)22/h4-5,7,18H,1-3,6H2,(H2,17,21)(H,20,22). The van der Waals surface area contributed by atoms with Crippen LogP contribution < -0.4 is 16.6 Å². The number of fused-ring (bicyclic) bond motifs is 1. The molecule has 0 unspecified atom stereocenters. The quantitative estimate of drug-likeness (QED) is 0.770. The third kappa shape index (κ3) is 2.89. The van der Waals surface area contributed by atoms with Gasteiger partial charge in [-0.2, -0.15) is 0 Å². The number of pyridine rings is 2. The van der Waals surface area contributed by atoms with Crippen LogP contribution in [0.15, 0.2) is 27.6 Å². The molecule has 2 aromatic heterocycles. The molecule has 6 nitrogen and oxygen atoms in total. The van der Waals surface area contributed by atoms with Crippen LogP contribution in [0.25, 0.3) is 0 Å². The first-order valence-electron chi connectivity index (χ1n) is 6.98. The molecule has 0 atom stereocenters. The van der Waals surface area contributed by atoms with Gasteiger partial charge in [0.05, 0.1) is 5.69 Å². The number of rotatable bonds is 4. The summed E-state index contributed by atoms with van der Waals surface area (Å²) in [6.45, 7) is 0.307. The van der Waals surface area contributed by atoms with Crippen LogP contribution in [0.2, 0.25) is 0 Å². The van der Waals surface area contributed by atoms with Crippen LogP contribution in [0.5, 0.6) is 0 Å². The highest BCUT2D eigenvalue weighted by molar-refractivity contribution is 9.10. The summed E-state index contributed by atoms with van der Waals surface area (Å²) in [5, 5.41) is 3.07. The average Bonchev–Trinajstić information content (AvgIpc) is 2.91. The summed E-state index contributed by atoms with van der Waals surface area (Å²) in [6.07, 6.45) is 4.50. The summed E-state index contributed by atoms with van der Waals surface area (Å²) in [5.74, 6) is -0.613. The molecule has 0 saturated carbocycles. The molecular weight excluding hydrogens is 348 g/mol. The molecule has 2 aromatic rings. The first-order chi connectivity index (χ1) is 10.5. The molecule has 0 fully saturated rings. The van der Waals surface area contributed by atoms with Gasteiger partial charge >= 0.3 is 0 Å². The van der Waals surface area contributed by atoms with Crippen molar-refractivity contribution in [2.75, 3.05) is 5.32 Å². The molecule has 2 heterocycles. The van der Waals surface area contributed by atoms with Gasteiger partial charge in [0.2, 0.25) is 0 Å². The number of aromatic amines is 1. The third-order valence-corrected chi connectivity index (χ3v) is 4.16. The summed E-state index contributed by atoms with van der Waals surface area (Å²) < 4.78 is 0.725. The normalized spacial score (nSPS) is 13.0. The molecule has 22 heavy (non-hydrogen) atoms. The van der Waals surface area contributed by atoms with Crippen molar-refractivity contribution in [3.63, 3.8) is 0 Å². The van der Waals surface area contributed by atoms with Crippen molar-refractivity contribution in [2.45, 2.75) is 25.8 Å². The number of H-pyrrole nitrogens is 1. The lowest BCUT2D eigenvalue weighted by molar-refractivity contribution is 0.0996. The van der Waals surface area contributed by atoms with E-state index in [1.54, 1.807) is 6.07 Å². The average molecular weight is 363 g/mol. The molecule has 3 rings (SSSR count). The summed E-state index contributed by atoms with van der Waals surface area (Å²) in [5.41, 5.74) is 8.73. The van der Waals surface area contributed by atoms with E-state index in [1.807, 2.05) is 6.07 Å². The van der Waals surface area contributed by atoms with E-state index >= 15 is 0 Å². The summed E-state index contributed by atoms with van der Waals surface area (Å²) in [7, 11) is 0. The number of halogens is 1. The fraction of sp³-hybridized carbons (Fsp3) is 0.267. The van der Waals surface area contributed by atoms with E-state index in [0.29, 0.717) is 17.8 Å². The SMILES string of the molecule is NC(=O)c1ncc(Br)cc1NCc1cc2c([nH]c1=O)CCC2. The molecule has 114 valence electrons. The number of nitrogens with one attached hydrogen (secondary N) is 2. The number of nitrogens with zero attached hydrogens (tertiary/aromatic N) is 1. The van der Waals surface area contributed by atoms with E-state index in [9.17, 15) is 9.59 Å². The zero-order valence-corrected chi connectivity index (χ0v) is 13.4. The summed E-state index contributed by atoms with van der Waals surface area (Å²) in [4.78, 5) is 30.4. The molecule has 0 bridgehead atoms. The summed E-state index contributed by atoms with van der Waals surface area (Å²) >= 11 is 3.30. The Morgan fingerprint density at radius 1 is 1.41 bits per heavy atom. The van der Waals surface area contributed by atoms with E-state index in [4.69, 9.17) is 5.73 Å². The highest BCUT2D eigenvalue weighted by Gasteiger charge is 2.15. The van der Waals surface area contributed by atoms with Crippen molar-refractivity contribution in [2.24, 2.45) is 5.73 Å². The number of hydrogen-bond donors (Lipinski definition) is 3. The molecule has 1 aliphatic carbocycles. The predicted octanol–water partition coefficient (Wildman–Crippen LogP) is 1.73.